The number of guanidine groups is 1. The second-order valence-electron chi connectivity index (χ2n) is 7.79. The molecule has 7 nitrogen and oxygen atoms in total. The second-order valence-corrected chi connectivity index (χ2v) is 7.79. The zero-order valence-electron chi connectivity index (χ0n) is 17.6. The number of halogens is 1. The van der Waals surface area contributed by atoms with E-state index in [1.165, 1.54) is 6.42 Å². The Bertz CT molecular complexity index is 419. The van der Waals surface area contributed by atoms with Crippen LogP contribution >= 0.6 is 24.0 Å². The molecule has 8 heteroatoms. The molecule has 0 saturated carbocycles. The Balaban J connectivity index is 0.00000364. The van der Waals surface area contributed by atoms with Crippen LogP contribution in [-0.2, 0) is 9.47 Å². The first-order valence-corrected chi connectivity index (χ1v) is 10.2. The summed E-state index contributed by atoms with van der Waals surface area (Å²) in [5.41, 5.74) is 0. The van der Waals surface area contributed by atoms with Gasteiger partial charge in [-0.05, 0) is 26.3 Å². The predicted molar refractivity (Wildman–Crippen MR) is 122 cm³/mol. The molecule has 2 saturated heterocycles. The standard InChI is InChI=1S/C19H39N5O2.HI/c1-5-20-19(22-14-18-15-23(4)6-11-26-18)21-13-17(12-16(2)3)24-7-9-25-10-8-24;/h16-18H,5-15H2,1-4H3,(H2,20,21,22);1H. The average molecular weight is 497 g/mol. The quantitative estimate of drug-likeness (QED) is 0.299. The van der Waals surface area contributed by atoms with Crippen LogP contribution in [-0.4, -0.2) is 101 Å². The van der Waals surface area contributed by atoms with E-state index in [9.17, 15) is 0 Å². The normalized spacial score (nSPS) is 23.7. The number of nitrogens with one attached hydrogen (secondary N) is 2. The summed E-state index contributed by atoms with van der Waals surface area (Å²) in [7, 11) is 2.15. The second kappa shape index (κ2) is 13.9. The zero-order valence-corrected chi connectivity index (χ0v) is 19.9. The van der Waals surface area contributed by atoms with Gasteiger partial charge in [0.05, 0.1) is 32.5 Å². The number of morpholine rings is 2. The van der Waals surface area contributed by atoms with E-state index >= 15 is 0 Å². The third-order valence-electron chi connectivity index (χ3n) is 4.95. The monoisotopic (exact) mass is 497 g/mol. The fourth-order valence-electron chi connectivity index (χ4n) is 3.57. The Morgan fingerprint density at radius 3 is 2.52 bits per heavy atom. The van der Waals surface area contributed by atoms with Gasteiger partial charge in [-0.1, -0.05) is 13.8 Å². The van der Waals surface area contributed by atoms with Gasteiger partial charge in [0, 0.05) is 45.3 Å². The van der Waals surface area contributed by atoms with Crippen LogP contribution in [0.3, 0.4) is 0 Å². The van der Waals surface area contributed by atoms with E-state index in [2.05, 4.69) is 48.3 Å². The highest BCUT2D eigenvalue weighted by Crippen LogP contribution is 2.14. The number of nitrogens with zero attached hydrogens (tertiary/aromatic N) is 3. The van der Waals surface area contributed by atoms with Gasteiger partial charge < -0.3 is 25.0 Å². The molecule has 0 bridgehead atoms. The molecule has 2 N–H and O–H groups in total. The van der Waals surface area contributed by atoms with Crippen molar-refractivity contribution in [3.05, 3.63) is 0 Å². The van der Waals surface area contributed by atoms with Gasteiger partial charge in [0.2, 0.25) is 0 Å². The third-order valence-corrected chi connectivity index (χ3v) is 4.95. The lowest BCUT2D eigenvalue weighted by Crippen LogP contribution is -2.49. The van der Waals surface area contributed by atoms with Crippen LogP contribution in [0.4, 0.5) is 0 Å². The minimum absolute atomic E-state index is 0. The Kier molecular flexibility index (Phi) is 12.8. The summed E-state index contributed by atoms with van der Waals surface area (Å²) >= 11 is 0. The summed E-state index contributed by atoms with van der Waals surface area (Å²) in [6, 6.07) is 0.478. The van der Waals surface area contributed by atoms with E-state index in [1.54, 1.807) is 0 Å². The molecule has 2 aliphatic heterocycles. The summed E-state index contributed by atoms with van der Waals surface area (Å²) < 4.78 is 11.4. The van der Waals surface area contributed by atoms with Gasteiger partial charge in [0.25, 0.3) is 0 Å². The highest BCUT2D eigenvalue weighted by atomic mass is 127. The van der Waals surface area contributed by atoms with Crippen LogP contribution < -0.4 is 10.6 Å². The molecule has 2 unspecified atom stereocenters. The number of rotatable bonds is 8. The van der Waals surface area contributed by atoms with Crippen LogP contribution in [0, 0.1) is 5.92 Å². The first kappa shape index (κ1) is 24.9. The minimum Gasteiger partial charge on any atom is -0.379 e. The summed E-state index contributed by atoms with van der Waals surface area (Å²) in [5.74, 6) is 1.56. The molecule has 2 rings (SSSR count). The highest BCUT2D eigenvalue weighted by molar-refractivity contribution is 14.0. The van der Waals surface area contributed by atoms with Crippen molar-refractivity contribution in [1.82, 2.24) is 20.4 Å². The van der Waals surface area contributed by atoms with Gasteiger partial charge in [0.1, 0.15) is 0 Å². The SMILES string of the molecule is CCNC(=NCC(CC(C)C)N1CCOCC1)NCC1CN(C)CCO1.I. The molecular formula is C19H40IN5O2. The molecule has 0 radical (unpaired) electrons. The minimum atomic E-state index is 0. The lowest BCUT2D eigenvalue weighted by Gasteiger charge is -2.34. The molecule has 0 spiro atoms. The summed E-state index contributed by atoms with van der Waals surface area (Å²) in [4.78, 5) is 9.74. The van der Waals surface area contributed by atoms with Crippen LogP contribution in [0.25, 0.3) is 0 Å². The van der Waals surface area contributed by atoms with Crippen LogP contribution in [0.1, 0.15) is 27.2 Å². The number of aliphatic imine (C=N–C) groups is 1. The molecule has 2 aliphatic rings. The van der Waals surface area contributed by atoms with Crippen molar-refractivity contribution in [2.75, 3.05) is 72.7 Å². The van der Waals surface area contributed by atoms with Crippen molar-refractivity contribution < 1.29 is 9.47 Å². The van der Waals surface area contributed by atoms with Crippen LogP contribution in [0.15, 0.2) is 4.99 Å². The Labute approximate surface area is 182 Å². The molecule has 0 aromatic carbocycles. The van der Waals surface area contributed by atoms with E-state index in [0.717, 1.165) is 71.6 Å². The zero-order chi connectivity index (χ0) is 18.8. The van der Waals surface area contributed by atoms with Crippen molar-refractivity contribution >= 4 is 29.9 Å². The molecule has 2 atom stereocenters. The Morgan fingerprint density at radius 2 is 1.89 bits per heavy atom. The van der Waals surface area contributed by atoms with Crippen molar-refractivity contribution in [2.24, 2.45) is 10.9 Å². The van der Waals surface area contributed by atoms with Crippen molar-refractivity contribution in [3.8, 4) is 0 Å². The van der Waals surface area contributed by atoms with Gasteiger partial charge in [-0.25, -0.2) is 0 Å². The van der Waals surface area contributed by atoms with E-state index in [-0.39, 0.29) is 30.1 Å². The van der Waals surface area contributed by atoms with Crippen LogP contribution in [0.5, 0.6) is 0 Å². The van der Waals surface area contributed by atoms with Crippen molar-refractivity contribution in [2.45, 2.75) is 39.3 Å². The molecule has 0 amide bonds. The summed E-state index contributed by atoms with van der Waals surface area (Å²) in [6.45, 7) is 15.7. The lowest BCUT2D eigenvalue weighted by atomic mass is 10.0. The average Bonchev–Trinajstić information content (AvgIpc) is 2.63. The fourth-order valence-corrected chi connectivity index (χ4v) is 3.57. The highest BCUT2D eigenvalue weighted by Gasteiger charge is 2.22. The van der Waals surface area contributed by atoms with E-state index in [4.69, 9.17) is 14.5 Å². The number of ether oxygens (including phenoxy) is 2. The largest absolute Gasteiger partial charge is 0.379 e. The van der Waals surface area contributed by atoms with E-state index in [0.29, 0.717) is 12.0 Å². The molecule has 2 heterocycles. The van der Waals surface area contributed by atoms with E-state index in [1.807, 2.05) is 0 Å². The molecule has 2 fully saturated rings. The molecule has 0 aliphatic carbocycles. The Hall–Kier alpha value is -0.160. The van der Waals surface area contributed by atoms with Gasteiger partial charge in [-0.15, -0.1) is 24.0 Å². The maximum absolute atomic E-state index is 5.84. The fraction of sp³-hybridized carbons (Fsp3) is 0.947. The first-order valence-electron chi connectivity index (χ1n) is 10.2. The number of likely N-dealkylation sites (N-methyl/N-ethyl adjacent to an activating group) is 1. The maximum Gasteiger partial charge on any atom is 0.191 e. The summed E-state index contributed by atoms with van der Waals surface area (Å²) in [5, 5.41) is 6.84. The molecule has 160 valence electrons. The molecule has 27 heavy (non-hydrogen) atoms. The van der Waals surface area contributed by atoms with Gasteiger partial charge >= 0.3 is 0 Å². The van der Waals surface area contributed by atoms with Crippen molar-refractivity contribution in [3.63, 3.8) is 0 Å². The number of hydrogen-bond acceptors (Lipinski definition) is 5. The first-order chi connectivity index (χ1) is 12.6. The van der Waals surface area contributed by atoms with Crippen LogP contribution in [0.2, 0.25) is 0 Å². The van der Waals surface area contributed by atoms with Gasteiger partial charge in [-0.3, -0.25) is 9.89 Å². The smallest absolute Gasteiger partial charge is 0.191 e. The summed E-state index contributed by atoms with van der Waals surface area (Å²) in [6.07, 6.45) is 1.39. The Morgan fingerprint density at radius 1 is 1.15 bits per heavy atom. The lowest BCUT2D eigenvalue weighted by molar-refractivity contribution is -0.0161. The van der Waals surface area contributed by atoms with E-state index < -0.39 is 0 Å². The molecule has 0 aromatic heterocycles. The van der Waals surface area contributed by atoms with Crippen molar-refractivity contribution in [1.29, 1.82) is 0 Å². The van der Waals surface area contributed by atoms with Gasteiger partial charge in [0.15, 0.2) is 5.96 Å². The van der Waals surface area contributed by atoms with Gasteiger partial charge in [-0.2, -0.15) is 0 Å². The topological polar surface area (TPSA) is 61.4 Å². The maximum atomic E-state index is 5.84. The molecular weight excluding hydrogens is 457 g/mol. The molecule has 0 aromatic rings. The number of hydrogen-bond donors (Lipinski definition) is 2. The predicted octanol–water partition coefficient (Wildman–Crippen LogP) is 1.24. The third kappa shape index (κ3) is 9.74.